The normalized spacial score (nSPS) is 23.9. The third-order valence-electron chi connectivity index (χ3n) is 5.71. The van der Waals surface area contributed by atoms with Gasteiger partial charge in [0.05, 0.1) is 18.2 Å². The number of fused-ring (bicyclic) bond motifs is 2. The molecule has 1 amide bonds. The summed E-state index contributed by atoms with van der Waals surface area (Å²) >= 11 is 0. The van der Waals surface area contributed by atoms with E-state index in [0.717, 1.165) is 16.9 Å². The van der Waals surface area contributed by atoms with Crippen molar-refractivity contribution in [3.63, 3.8) is 0 Å². The number of carbonyl (C=O) groups is 2. The highest BCUT2D eigenvalue weighted by Gasteiger charge is 2.55. The Bertz CT molecular complexity index is 878. The van der Waals surface area contributed by atoms with Gasteiger partial charge in [0.25, 0.3) is 0 Å². The Morgan fingerprint density at radius 3 is 2.93 bits per heavy atom. The van der Waals surface area contributed by atoms with Gasteiger partial charge >= 0.3 is 5.97 Å². The predicted molar refractivity (Wildman–Crippen MR) is 97.4 cm³/mol. The number of carboxylic acids is 1. The Kier molecular flexibility index (Phi) is 4.37. The molecule has 2 aliphatic rings. The van der Waals surface area contributed by atoms with E-state index >= 15 is 0 Å². The average Bonchev–Trinajstić information content (AvgIpc) is 3.19. The lowest BCUT2D eigenvalue weighted by Crippen LogP contribution is -2.42. The van der Waals surface area contributed by atoms with Crippen molar-refractivity contribution in [1.29, 1.82) is 0 Å². The van der Waals surface area contributed by atoms with E-state index in [9.17, 15) is 14.7 Å². The first-order valence-electron chi connectivity index (χ1n) is 9.19. The summed E-state index contributed by atoms with van der Waals surface area (Å²) in [4.78, 5) is 26.7. The molecule has 4 rings (SSSR count). The van der Waals surface area contributed by atoms with Gasteiger partial charge in [0.2, 0.25) is 5.91 Å². The van der Waals surface area contributed by atoms with Crippen LogP contribution in [0.2, 0.25) is 0 Å². The summed E-state index contributed by atoms with van der Waals surface area (Å²) in [5, 5.41) is 14.3. The molecule has 2 aliphatic heterocycles. The molecule has 1 saturated heterocycles. The van der Waals surface area contributed by atoms with Crippen LogP contribution in [0, 0.1) is 18.3 Å². The Morgan fingerprint density at radius 1 is 1.37 bits per heavy atom. The first kappa shape index (κ1) is 17.6. The molecule has 2 aromatic rings. The van der Waals surface area contributed by atoms with E-state index in [1.807, 2.05) is 37.4 Å². The van der Waals surface area contributed by atoms with Crippen LogP contribution in [-0.4, -0.2) is 51.4 Å². The van der Waals surface area contributed by atoms with E-state index in [1.165, 1.54) is 0 Å². The van der Waals surface area contributed by atoms with Crippen molar-refractivity contribution in [2.45, 2.75) is 26.3 Å². The smallest absolute Gasteiger partial charge is 0.312 e. The van der Waals surface area contributed by atoms with Crippen molar-refractivity contribution in [2.75, 3.05) is 19.7 Å². The molecule has 7 nitrogen and oxygen atoms in total. The highest BCUT2D eigenvalue weighted by atomic mass is 16.5. The van der Waals surface area contributed by atoms with Crippen LogP contribution in [-0.2, 0) is 22.6 Å². The molecule has 7 heteroatoms. The molecule has 0 aliphatic carbocycles. The van der Waals surface area contributed by atoms with Gasteiger partial charge in [-0.15, -0.1) is 0 Å². The maximum atomic E-state index is 12.7. The maximum Gasteiger partial charge on any atom is 0.312 e. The summed E-state index contributed by atoms with van der Waals surface area (Å²) < 4.78 is 7.63. The zero-order valence-corrected chi connectivity index (χ0v) is 15.3. The van der Waals surface area contributed by atoms with Crippen LogP contribution in [0.1, 0.15) is 17.5 Å². The quantitative estimate of drug-likeness (QED) is 0.887. The molecule has 3 heterocycles. The molecule has 0 unspecified atom stereocenters. The van der Waals surface area contributed by atoms with Crippen molar-refractivity contribution in [3.8, 4) is 5.75 Å². The lowest BCUT2D eigenvalue weighted by molar-refractivity contribution is -0.151. The van der Waals surface area contributed by atoms with Gasteiger partial charge in [0.1, 0.15) is 5.75 Å². The second-order valence-electron chi connectivity index (χ2n) is 7.56. The van der Waals surface area contributed by atoms with Gasteiger partial charge in [-0.05, 0) is 30.5 Å². The number of aryl methyl sites for hydroxylation is 2. The highest BCUT2D eigenvalue weighted by molar-refractivity contribution is 5.81. The van der Waals surface area contributed by atoms with Gasteiger partial charge in [-0.2, -0.15) is 5.10 Å². The van der Waals surface area contributed by atoms with Gasteiger partial charge in [-0.1, -0.05) is 18.2 Å². The van der Waals surface area contributed by atoms with E-state index in [2.05, 4.69) is 5.10 Å². The van der Waals surface area contributed by atoms with Crippen LogP contribution < -0.4 is 4.74 Å². The maximum absolute atomic E-state index is 12.7. The lowest BCUT2D eigenvalue weighted by atomic mass is 9.74. The fourth-order valence-electron chi connectivity index (χ4n) is 4.17. The molecular formula is C20H23N3O4. The molecule has 0 spiro atoms. The minimum atomic E-state index is -0.995. The number of carboxylic acid groups (broad SMARTS) is 1. The summed E-state index contributed by atoms with van der Waals surface area (Å²) in [5.41, 5.74) is 0.945. The van der Waals surface area contributed by atoms with Crippen molar-refractivity contribution >= 4 is 11.9 Å². The summed E-state index contributed by atoms with van der Waals surface area (Å²) in [6, 6.07) is 7.57. The van der Waals surface area contributed by atoms with Crippen LogP contribution in [0.5, 0.6) is 5.75 Å². The van der Waals surface area contributed by atoms with Crippen LogP contribution in [0.15, 0.2) is 36.7 Å². The number of hydrogen-bond donors (Lipinski definition) is 1. The first-order chi connectivity index (χ1) is 13.0. The summed E-state index contributed by atoms with van der Waals surface area (Å²) in [7, 11) is 0. The van der Waals surface area contributed by atoms with Gasteiger partial charge in [0.15, 0.2) is 0 Å². The molecule has 142 valence electrons. The highest BCUT2D eigenvalue weighted by Crippen LogP contribution is 2.44. The molecule has 0 bridgehead atoms. The number of carbonyl (C=O) groups excluding carboxylic acids is 1. The van der Waals surface area contributed by atoms with E-state index in [-0.39, 0.29) is 18.4 Å². The molecule has 27 heavy (non-hydrogen) atoms. The number of hydrogen-bond acceptors (Lipinski definition) is 4. The average molecular weight is 369 g/mol. The third-order valence-corrected chi connectivity index (χ3v) is 5.71. The molecular weight excluding hydrogens is 346 g/mol. The largest absolute Gasteiger partial charge is 0.493 e. The Morgan fingerprint density at radius 2 is 2.19 bits per heavy atom. The number of likely N-dealkylation sites (tertiary alicyclic amines) is 1. The summed E-state index contributed by atoms with van der Waals surface area (Å²) in [6.07, 6.45) is 4.34. The number of nitrogens with zero attached hydrogens (tertiary/aromatic N) is 3. The SMILES string of the molecule is Cc1cnn(CCC(=O)N2C[C@H]3COc4ccccc4C[C@@]3(C(=O)O)C2)c1. The topological polar surface area (TPSA) is 84.7 Å². The number of amides is 1. The lowest BCUT2D eigenvalue weighted by Gasteiger charge is -2.27. The van der Waals surface area contributed by atoms with Crippen LogP contribution in [0.3, 0.4) is 0 Å². The minimum Gasteiger partial charge on any atom is -0.493 e. The van der Waals surface area contributed by atoms with E-state index < -0.39 is 11.4 Å². The number of aliphatic carboxylic acids is 1. The van der Waals surface area contributed by atoms with Crippen molar-refractivity contribution in [3.05, 3.63) is 47.8 Å². The standard InChI is InChI=1S/C20H23N3O4/c1-14-9-21-23(10-14)7-6-18(24)22-11-16-12-27-17-5-3-2-4-15(17)8-20(16,13-22)19(25)26/h2-5,9-10,16H,6-8,11-13H2,1H3,(H,25,26)/t16-,20+/m0/s1. The number of ether oxygens (including phenoxy) is 1. The van der Waals surface area contributed by atoms with Gasteiger partial charge in [0, 0.05) is 38.2 Å². The fourth-order valence-corrected chi connectivity index (χ4v) is 4.17. The van der Waals surface area contributed by atoms with Crippen molar-refractivity contribution in [1.82, 2.24) is 14.7 Å². The molecule has 0 radical (unpaired) electrons. The van der Waals surface area contributed by atoms with Crippen LogP contribution in [0.4, 0.5) is 0 Å². The molecule has 2 atom stereocenters. The second-order valence-corrected chi connectivity index (χ2v) is 7.56. The third kappa shape index (κ3) is 3.18. The Hall–Kier alpha value is -2.83. The van der Waals surface area contributed by atoms with Crippen LogP contribution in [0.25, 0.3) is 0 Å². The van der Waals surface area contributed by atoms with Gasteiger partial charge in [-0.3, -0.25) is 14.3 Å². The molecule has 1 aromatic heterocycles. The fraction of sp³-hybridized carbons (Fsp3) is 0.450. The molecule has 1 aromatic carbocycles. The van der Waals surface area contributed by atoms with Gasteiger partial charge in [-0.25, -0.2) is 0 Å². The minimum absolute atomic E-state index is 0.0369. The van der Waals surface area contributed by atoms with E-state index in [4.69, 9.17) is 4.74 Å². The van der Waals surface area contributed by atoms with Gasteiger partial charge < -0.3 is 14.7 Å². The van der Waals surface area contributed by atoms with E-state index in [0.29, 0.717) is 32.5 Å². The Labute approximate surface area is 157 Å². The summed E-state index contributed by atoms with van der Waals surface area (Å²) in [5.74, 6) is -0.367. The molecule has 1 fully saturated rings. The zero-order valence-electron chi connectivity index (χ0n) is 15.3. The van der Waals surface area contributed by atoms with Crippen LogP contribution >= 0.6 is 0 Å². The number of benzene rings is 1. The van der Waals surface area contributed by atoms with Crippen molar-refractivity contribution in [2.24, 2.45) is 11.3 Å². The number of para-hydroxylation sites is 1. The summed E-state index contributed by atoms with van der Waals surface area (Å²) in [6.45, 7) is 3.39. The number of rotatable bonds is 4. The van der Waals surface area contributed by atoms with Crippen molar-refractivity contribution < 1.29 is 19.4 Å². The van der Waals surface area contributed by atoms with E-state index in [1.54, 1.807) is 15.8 Å². The molecule has 1 N–H and O–H groups in total. The number of aromatic nitrogens is 2. The Balaban J connectivity index is 1.51. The zero-order chi connectivity index (χ0) is 19.0. The first-order valence-corrected chi connectivity index (χ1v) is 9.19. The monoisotopic (exact) mass is 369 g/mol. The predicted octanol–water partition coefficient (Wildman–Crippen LogP) is 1.75. The second kappa shape index (κ2) is 6.72. The molecule has 0 saturated carbocycles.